The van der Waals surface area contributed by atoms with Gasteiger partial charge < -0.3 is 9.47 Å². The van der Waals surface area contributed by atoms with E-state index in [9.17, 15) is 18.4 Å². The number of rotatable bonds is 3. The number of benzene rings is 2. The lowest BCUT2D eigenvalue weighted by Gasteiger charge is -2.11. The van der Waals surface area contributed by atoms with E-state index in [1.54, 1.807) is 18.2 Å². The fraction of sp³-hybridized carbons (Fsp3) is 0.143. The molecule has 0 amide bonds. The second-order valence-corrected chi connectivity index (χ2v) is 4.46. The molecule has 0 fully saturated rings. The van der Waals surface area contributed by atoms with E-state index in [2.05, 4.69) is 4.74 Å². The fourth-order valence-electron chi connectivity index (χ4n) is 1.95. The molecule has 0 atom stereocenters. The lowest BCUT2D eigenvalue weighted by molar-refractivity contribution is -0.274. The Morgan fingerprint density at radius 2 is 1.64 bits per heavy atom. The van der Waals surface area contributed by atoms with Crippen LogP contribution in [-0.2, 0) is 11.4 Å². The van der Waals surface area contributed by atoms with E-state index in [0.29, 0.717) is 22.4 Å². The van der Waals surface area contributed by atoms with Gasteiger partial charge in [-0.05, 0) is 30.3 Å². The Bertz CT molecular complexity index is 673. The summed E-state index contributed by atoms with van der Waals surface area (Å²) < 4.78 is 45.5. The van der Waals surface area contributed by atoms with E-state index >= 15 is 0 Å². The van der Waals surface area contributed by atoms with Gasteiger partial charge in [0, 0.05) is 11.6 Å². The van der Waals surface area contributed by atoms with E-state index in [1.165, 1.54) is 12.1 Å². The molecule has 0 saturated heterocycles. The lowest BCUT2D eigenvalue weighted by Crippen LogP contribution is -2.16. The fourth-order valence-corrected chi connectivity index (χ4v) is 1.95. The monoisotopic (exact) mass is 313 g/mol. The van der Waals surface area contributed by atoms with E-state index in [-0.39, 0.29) is 12.4 Å². The first-order valence-electron chi connectivity index (χ1n) is 6.19. The number of halogens is 3. The molecule has 22 heavy (non-hydrogen) atoms. The van der Waals surface area contributed by atoms with Crippen molar-refractivity contribution in [3.8, 4) is 17.2 Å². The van der Waals surface area contributed by atoms with Gasteiger partial charge in [0.15, 0.2) is 0 Å². The van der Waals surface area contributed by atoms with Crippen LogP contribution in [0.5, 0.6) is 17.2 Å². The number of fused-ring (bicyclic) bond motifs is 1. The second-order valence-electron chi connectivity index (χ2n) is 4.46. The smallest absolute Gasteiger partial charge is 0.457 e. The summed E-state index contributed by atoms with van der Waals surface area (Å²) in [6, 6.07) is 9.95. The highest BCUT2D eigenvalue weighted by Gasteiger charge is 2.31. The maximum atomic E-state index is 12.1. The highest BCUT2D eigenvalue weighted by molar-refractivity contribution is 5.56. The van der Waals surface area contributed by atoms with Gasteiger partial charge >= 0.3 is 6.36 Å². The first-order valence-corrected chi connectivity index (χ1v) is 6.19. The summed E-state index contributed by atoms with van der Waals surface area (Å²) in [4.78, 5) is 4.90. The van der Waals surface area contributed by atoms with Crippen LogP contribution in [0.3, 0.4) is 0 Å². The van der Waals surface area contributed by atoms with Crippen molar-refractivity contribution in [1.82, 2.24) is 0 Å². The van der Waals surface area contributed by atoms with Gasteiger partial charge in [-0.25, -0.2) is 4.84 Å². The first kappa shape index (κ1) is 14.5. The van der Waals surface area contributed by atoms with Crippen LogP contribution >= 0.6 is 0 Å². The standard InChI is InChI=1S/C14H10F3NO4/c15-14(16,17)22-11-5-3-10(4-6-11)21-12-2-1-9-8-20-18(19)13(9)7-12/h1-7,19H,8H2. The van der Waals surface area contributed by atoms with Crippen molar-refractivity contribution >= 4 is 5.69 Å². The summed E-state index contributed by atoms with van der Waals surface area (Å²) >= 11 is 0. The molecular formula is C14H10F3NO4. The molecule has 116 valence electrons. The summed E-state index contributed by atoms with van der Waals surface area (Å²) in [6.07, 6.45) is -4.73. The lowest BCUT2D eigenvalue weighted by atomic mass is 10.2. The Morgan fingerprint density at radius 1 is 1.00 bits per heavy atom. The molecule has 0 unspecified atom stereocenters. The van der Waals surface area contributed by atoms with Gasteiger partial charge in [0.1, 0.15) is 29.5 Å². The van der Waals surface area contributed by atoms with Gasteiger partial charge in [-0.1, -0.05) is 6.07 Å². The zero-order valence-electron chi connectivity index (χ0n) is 11.0. The van der Waals surface area contributed by atoms with E-state index < -0.39 is 6.36 Å². The maximum Gasteiger partial charge on any atom is 0.573 e. The largest absolute Gasteiger partial charge is 0.573 e. The molecule has 0 saturated carbocycles. The second kappa shape index (κ2) is 5.39. The number of nitrogens with zero attached hydrogens (tertiary/aromatic N) is 1. The SMILES string of the molecule is ON1OCc2ccc(Oc3ccc(OC(F)(F)F)cc3)cc21. The predicted octanol–water partition coefficient (Wildman–Crippen LogP) is 4.02. The molecule has 0 radical (unpaired) electrons. The number of hydrogen-bond acceptors (Lipinski definition) is 5. The van der Waals surface area contributed by atoms with Crippen molar-refractivity contribution in [3.05, 3.63) is 48.0 Å². The number of ether oxygens (including phenoxy) is 2. The first-order chi connectivity index (χ1) is 10.4. The molecule has 0 bridgehead atoms. The van der Waals surface area contributed by atoms with Gasteiger partial charge in [-0.3, -0.25) is 5.21 Å². The third-order valence-corrected chi connectivity index (χ3v) is 2.90. The van der Waals surface area contributed by atoms with Crippen molar-refractivity contribution in [2.24, 2.45) is 0 Å². The summed E-state index contributed by atoms with van der Waals surface area (Å²) in [5.74, 6) is 0.411. The maximum absolute atomic E-state index is 12.1. The molecule has 1 aliphatic heterocycles. The van der Waals surface area contributed by atoms with Crippen molar-refractivity contribution < 1.29 is 32.7 Å². The third-order valence-electron chi connectivity index (χ3n) is 2.90. The molecule has 0 aromatic heterocycles. The van der Waals surface area contributed by atoms with E-state index in [4.69, 9.17) is 9.57 Å². The number of hydrogen-bond donors (Lipinski definition) is 1. The van der Waals surface area contributed by atoms with Gasteiger partial charge in [0.25, 0.3) is 0 Å². The van der Waals surface area contributed by atoms with Crippen LogP contribution in [-0.4, -0.2) is 11.6 Å². The minimum atomic E-state index is -4.73. The molecule has 0 spiro atoms. The van der Waals surface area contributed by atoms with Crippen LogP contribution in [0, 0.1) is 0 Å². The van der Waals surface area contributed by atoms with Crippen molar-refractivity contribution in [1.29, 1.82) is 0 Å². The average Bonchev–Trinajstić information content (AvgIpc) is 2.81. The highest BCUT2D eigenvalue weighted by atomic mass is 19.4. The molecule has 5 nitrogen and oxygen atoms in total. The van der Waals surface area contributed by atoms with Crippen LogP contribution in [0.1, 0.15) is 5.56 Å². The Balaban J connectivity index is 1.72. The van der Waals surface area contributed by atoms with Crippen LogP contribution in [0.25, 0.3) is 0 Å². The van der Waals surface area contributed by atoms with Gasteiger partial charge in [-0.15, -0.1) is 18.4 Å². The molecule has 8 heteroatoms. The zero-order valence-corrected chi connectivity index (χ0v) is 11.0. The van der Waals surface area contributed by atoms with Gasteiger partial charge in [0.2, 0.25) is 0 Å². The molecule has 3 rings (SSSR count). The van der Waals surface area contributed by atoms with Crippen molar-refractivity contribution in [2.45, 2.75) is 13.0 Å². The Labute approximate surface area is 123 Å². The molecule has 2 aromatic carbocycles. The Hall–Kier alpha value is -2.45. The highest BCUT2D eigenvalue weighted by Crippen LogP contribution is 2.33. The summed E-state index contributed by atoms with van der Waals surface area (Å²) in [6.45, 7) is 0.260. The zero-order chi connectivity index (χ0) is 15.7. The number of alkyl halides is 3. The molecular weight excluding hydrogens is 303 g/mol. The van der Waals surface area contributed by atoms with Crippen molar-refractivity contribution in [3.63, 3.8) is 0 Å². The van der Waals surface area contributed by atoms with E-state index in [1.807, 2.05) is 0 Å². The van der Waals surface area contributed by atoms with Crippen LogP contribution < -0.4 is 14.7 Å². The van der Waals surface area contributed by atoms with Crippen LogP contribution in [0.15, 0.2) is 42.5 Å². The Morgan fingerprint density at radius 3 is 2.32 bits per heavy atom. The molecule has 0 aliphatic carbocycles. The normalized spacial score (nSPS) is 13.9. The molecule has 1 aliphatic rings. The third kappa shape index (κ3) is 3.23. The van der Waals surface area contributed by atoms with Gasteiger partial charge in [0.05, 0.1) is 0 Å². The minimum absolute atomic E-state index is 0.260. The Kier molecular flexibility index (Phi) is 3.55. The molecule has 2 aromatic rings. The minimum Gasteiger partial charge on any atom is -0.457 e. The van der Waals surface area contributed by atoms with Crippen LogP contribution in [0.2, 0.25) is 0 Å². The average molecular weight is 313 g/mol. The van der Waals surface area contributed by atoms with Gasteiger partial charge in [-0.2, -0.15) is 0 Å². The topological polar surface area (TPSA) is 51.2 Å². The molecule has 1 heterocycles. The predicted molar refractivity (Wildman–Crippen MR) is 68.7 cm³/mol. The molecule has 1 N–H and O–H groups in total. The quantitative estimate of drug-likeness (QED) is 0.927. The summed E-state index contributed by atoms with van der Waals surface area (Å²) in [5, 5.41) is 10.1. The number of anilines is 1. The van der Waals surface area contributed by atoms with Crippen molar-refractivity contribution in [2.75, 3.05) is 5.23 Å². The van der Waals surface area contributed by atoms with Crippen LogP contribution in [0.4, 0.5) is 18.9 Å². The summed E-state index contributed by atoms with van der Waals surface area (Å²) in [5.41, 5.74) is 1.25. The summed E-state index contributed by atoms with van der Waals surface area (Å²) in [7, 11) is 0. The van der Waals surface area contributed by atoms with E-state index in [0.717, 1.165) is 17.7 Å².